The molecular formula is C11H18N2O. The fourth-order valence-electron chi connectivity index (χ4n) is 1.53. The molecule has 78 valence electrons. The highest BCUT2D eigenvalue weighted by Crippen LogP contribution is 2.25. The average Bonchev–Trinajstić information content (AvgIpc) is 2.20. The predicted molar refractivity (Wildman–Crippen MR) is 58.6 cm³/mol. The van der Waals surface area contributed by atoms with E-state index in [4.69, 9.17) is 10.5 Å². The molecule has 0 aromatic heterocycles. The molecule has 0 saturated heterocycles. The molecule has 0 heterocycles. The van der Waals surface area contributed by atoms with Crippen LogP contribution in [0.3, 0.4) is 0 Å². The molecule has 0 bridgehead atoms. The zero-order valence-electron chi connectivity index (χ0n) is 9.00. The van der Waals surface area contributed by atoms with Gasteiger partial charge in [-0.05, 0) is 20.0 Å². The van der Waals surface area contributed by atoms with Gasteiger partial charge < -0.3 is 15.8 Å². The van der Waals surface area contributed by atoms with E-state index in [0.717, 1.165) is 11.3 Å². The highest BCUT2D eigenvalue weighted by Gasteiger charge is 2.12. The van der Waals surface area contributed by atoms with Gasteiger partial charge in [0.2, 0.25) is 0 Å². The van der Waals surface area contributed by atoms with Crippen LogP contribution in [-0.2, 0) is 0 Å². The number of aryl methyl sites for hydroxylation is 1. The standard InChI is InChI=1S/C11H18N2O/c1-8-4-5-11(14-3)9(6-8)10(7-12)13-2/h4-6,10,13H,7,12H2,1-3H3. The second kappa shape index (κ2) is 4.98. The fourth-order valence-corrected chi connectivity index (χ4v) is 1.53. The van der Waals surface area contributed by atoms with Gasteiger partial charge in [0.25, 0.3) is 0 Å². The van der Waals surface area contributed by atoms with Crippen molar-refractivity contribution >= 4 is 0 Å². The number of methoxy groups -OCH3 is 1. The maximum Gasteiger partial charge on any atom is 0.123 e. The monoisotopic (exact) mass is 194 g/mol. The van der Waals surface area contributed by atoms with Gasteiger partial charge >= 0.3 is 0 Å². The first-order chi connectivity index (χ1) is 6.72. The predicted octanol–water partition coefficient (Wildman–Crippen LogP) is 1.22. The van der Waals surface area contributed by atoms with Gasteiger partial charge in [-0.15, -0.1) is 0 Å². The summed E-state index contributed by atoms with van der Waals surface area (Å²) in [6.07, 6.45) is 0. The van der Waals surface area contributed by atoms with Gasteiger partial charge in [0, 0.05) is 18.2 Å². The van der Waals surface area contributed by atoms with Crippen LogP contribution in [0.25, 0.3) is 0 Å². The molecule has 3 nitrogen and oxygen atoms in total. The van der Waals surface area contributed by atoms with E-state index < -0.39 is 0 Å². The Kier molecular flexibility index (Phi) is 3.92. The topological polar surface area (TPSA) is 47.3 Å². The van der Waals surface area contributed by atoms with Crippen LogP contribution in [0.4, 0.5) is 0 Å². The normalized spacial score (nSPS) is 12.6. The largest absolute Gasteiger partial charge is 0.496 e. The van der Waals surface area contributed by atoms with Gasteiger partial charge in [-0.1, -0.05) is 17.7 Å². The third-order valence-electron chi connectivity index (χ3n) is 2.34. The van der Waals surface area contributed by atoms with E-state index in [9.17, 15) is 0 Å². The molecule has 0 aliphatic carbocycles. The summed E-state index contributed by atoms with van der Waals surface area (Å²) in [5.41, 5.74) is 8.01. The zero-order valence-corrected chi connectivity index (χ0v) is 9.00. The minimum atomic E-state index is 0.157. The van der Waals surface area contributed by atoms with Crippen molar-refractivity contribution in [2.24, 2.45) is 5.73 Å². The Balaban J connectivity index is 3.08. The summed E-state index contributed by atoms with van der Waals surface area (Å²) >= 11 is 0. The minimum absolute atomic E-state index is 0.157. The van der Waals surface area contributed by atoms with Gasteiger partial charge in [-0.3, -0.25) is 0 Å². The van der Waals surface area contributed by atoms with Crippen LogP contribution in [0.5, 0.6) is 5.75 Å². The molecule has 0 spiro atoms. The lowest BCUT2D eigenvalue weighted by atomic mass is 10.0. The molecule has 3 N–H and O–H groups in total. The lowest BCUT2D eigenvalue weighted by Gasteiger charge is -2.18. The van der Waals surface area contributed by atoms with E-state index >= 15 is 0 Å². The number of hydrogen-bond donors (Lipinski definition) is 2. The summed E-state index contributed by atoms with van der Waals surface area (Å²) in [6.45, 7) is 2.63. The summed E-state index contributed by atoms with van der Waals surface area (Å²) in [4.78, 5) is 0. The maximum absolute atomic E-state index is 5.67. The molecular weight excluding hydrogens is 176 g/mol. The van der Waals surface area contributed by atoms with Crippen molar-refractivity contribution in [3.8, 4) is 5.75 Å². The van der Waals surface area contributed by atoms with Crippen LogP contribution in [0.1, 0.15) is 17.2 Å². The van der Waals surface area contributed by atoms with E-state index in [2.05, 4.69) is 18.3 Å². The van der Waals surface area contributed by atoms with Crippen molar-refractivity contribution in [3.05, 3.63) is 29.3 Å². The molecule has 1 rings (SSSR count). The van der Waals surface area contributed by atoms with E-state index in [1.54, 1.807) is 7.11 Å². The SMILES string of the molecule is CNC(CN)c1cc(C)ccc1OC. The summed E-state index contributed by atoms with van der Waals surface area (Å²) in [7, 11) is 3.58. The molecule has 0 saturated carbocycles. The van der Waals surface area contributed by atoms with Gasteiger partial charge in [0.1, 0.15) is 5.75 Å². The highest BCUT2D eigenvalue weighted by atomic mass is 16.5. The lowest BCUT2D eigenvalue weighted by Crippen LogP contribution is -2.25. The Labute approximate surface area is 85.3 Å². The Bertz CT molecular complexity index is 295. The molecule has 0 aliphatic rings. The van der Waals surface area contributed by atoms with Crippen LogP contribution < -0.4 is 15.8 Å². The molecule has 1 unspecified atom stereocenters. The molecule has 0 aliphatic heterocycles. The van der Waals surface area contributed by atoms with Crippen molar-refractivity contribution in [1.29, 1.82) is 0 Å². The number of hydrogen-bond acceptors (Lipinski definition) is 3. The van der Waals surface area contributed by atoms with Gasteiger partial charge in [-0.25, -0.2) is 0 Å². The summed E-state index contributed by atoms with van der Waals surface area (Å²) in [6, 6.07) is 6.27. The molecule has 1 aromatic rings. The van der Waals surface area contributed by atoms with Gasteiger partial charge in [0.15, 0.2) is 0 Å². The Morgan fingerprint density at radius 1 is 1.50 bits per heavy atom. The number of likely N-dealkylation sites (N-methyl/N-ethyl adjacent to an activating group) is 1. The molecule has 0 fully saturated rings. The third-order valence-corrected chi connectivity index (χ3v) is 2.34. The summed E-state index contributed by atoms with van der Waals surface area (Å²) in [5.74, 6) is 0.889. The summed E-state index contributed by atoms with van der Waals surface area (Å²) < 4.78 is 5.29. The minimum Gasteiger partial charge on any atom is -0.496 e. The van der Waals surface area contributed by atoms with E-state index in [1.165, 1.54) is 5.56 Å². The highest BCUT2D eigenvalue weighted by molar-refractivity contribution is 5.39. The first-order valence-corrected chi connectivity index (χ1v) is 4.74. The van der Waals surface area contributed by atoms with Crippen LogP contribution in [0.15, 0.2) is 18.2 Å². The fraction of sp³-hybridized carbons (Fsp3) is 0.455. The smallest absolute Gasteiger partial charge is 0.123 e. The lowest BCUT2D eigenvalue weighted by molar-refractivity contribution is 0.402. The van der Waals surface area contributed by atoms with Crippen LogP contribution >= 0.6 is 0 Å². The average molecular weight is 194 g/mol. The Morgan fingerprint density at radius 2 is 2.21 bits per heavy atom. The van der Waals surface area contributed by atoms with Gasteiger partial charge in [-0.2, -0.15) is 0 Å². The number of benzene rings is 1. The van der Waals surface area contributed by atoms with Gasteiger partial charge in [0.05, 0.1) is 7.11 Å². The van der Waals surface area contributed by atoms with E-state index in [1.807, 2.05) is 19.2 Å². The van der Waals surface area contributed by atoms with E-state index in [-0.39, 0.29) is 6.04 Å². The van der Waals surface area contributed by atoms with Crippen LogP contribution in [-0.4, -0.2) is 20.7 Å². The quantitative estimate of drug-likeness (QED) is 0.757. The zero-order chi connectivity index (χ0) is 10.6. The van der Waals surface area contributed by atoms with Crippen molar-refractivity contribution in [2.75, 3.05) is 20.7 Å². The van der Waals surface area contributed by atoms with Crippen molar-refractivity contribution in [3.63, 3.8) is 0 Å². The first kappa shape index (κ1) is 11.0. The van der Waals surface area contributed by atoms with Crippen molar-refractivity contribution in [2.45, 2.75) is 13.0 Å². The second-order valence-corrected chi connectivity index (χ2v) is 3.32. The number of rotatable bonds is 4. The first-order valence-electron chi connectivity index (χ1n) is 4.74. The molecule has 3 heteroatoms. The molecule has 0 radical (unpaired) electrons. The number of nitrogens with two attached hydrogens (primary N) is 1. The van der Waals surface area contributed by atoms with Crippen molar-refractivity contribution in [1.82, 2.24) is 5.32 Å². The van der Waals surface area contributed by atoms with Crippen LogP contribution in [0, 0.1) is 6.92 Å². The molecule has 14 heavy (non-hydrogen) atoms. The molecule has 1 atom stereocenters. The summed E-state index contributed by atoms with van der Waals surface area (Å²) in [5, 5.41) is 3.16. The molecule has 1 aromatic carbocycles. The van der Waals surface area contributed by atoms with E-state index in [0.29, 0.717) is 6.54 Å². The maximum atomic E-state index is 5.67. The second-order valence-electron chi connectivity index (χ2n) is 3.32. The molecule has 0 amide bonds. The Morgan fingerprint density at radius 3 is 2.71 bits per heavy atom. The van der Waals surface area contributed by atoms with Crippen molar-refractivity contribution < 1.29 is 4.74 Å². The van der Waals surface area contributed by atoms with Crippen LogP contribution in [0.2, 0.25) is 0 Å². The Hall–Kier alpha value is -1.06. The number of ether oxygens (including phenoxy) is 1. The third kappa shape index (κ3) is 2.25. The number of nitrogens with one attached hydrogen (secondary N) is 1.